The van der Waals surface area contributed by atoms with E-state index >= 15 is 0 Å². The standard InChI is InChI=1S/C10H16F3NO3/c1-3-5-6-17-8(15)7-14(4-2)9(16)10(11,12)13/h3-7H2,1-2H3. The van der Waals surface area contributed by atoms with E-state index in [0.717, 1.165) is 6.42 Å². The Labute approximate surface area is 97.7 Å². The summed E-state index contributed by atoms with van der Waals surface area (Å²) in [5.41, 5.74) is 0. The summed E-state index contributed by atoms with van der Waals surface area (Å²) in [4.78, 5) is 22.4. The Kier molecular flexibility index (Phi) is 6.60. The first-order chi connectivity index (χ1) is 7.82. The Bertz CT molecular complexity index is 266. The van der Waals surface area contributed by atoms with E-state index in [-0.39, 0.29) is 13.2 Å². The maximum absolute atomic E-state index is 12.1. The molecule has 0 saturated heterocycles. The van der Waals surface area contributed by atoms with Crippen molar-refractivity contribution >= 4 is 11.9 Å². The first-order valence-corrected chi connectivity index (χ1v) is 5.34. The average molecular weight is 255 g/mol. The minimum absolute atomic E-state index is 0.160. The minimum atomic E-state index is -4.96. The van der Waals surface area contributed by atoms with Gasteiger partial charge in [-0.1, -0.05) is 13.3 Å². The fourth-order valence-electron chi connectivity index (χ4n) is 1.04. The van der Waals surface area contributed by atoms with E-state index in [0.29, 0.717) is 11.3 Å². The largest absolute Gasteiger partial charge is 0.471 e. The van der Waals surface area contributed by atoms with Crippen molar-refractivity contribution in [1.29, 1.82) is 0 Å². The smallest absolute Gasteiger partial charge is 0.464 e. The number of amides is 1. The van der Waals surface area contributed by atoms with Gasteiger partial charge in [-0.25, -0.2) is 0 Å². The van der Waals surface area contributed by atoms with Crippen LogP contribution >= 0.6 is 0 Å². The number of hydrogen-bond donors (Lipinski definition) is 0. The van der Waals surface area contributed by atoms with E-state index in [1.54, 1.807) is 0 Å². The molecule has 0 rings (SSSR count). The lowest BCUT2D eigenvalue weighted by atomic mass is 10.4. The summed E-state index contributed by atoms with van der Waals surface area (Å²) in [7, 11) is 0. The number of rotatable bonds is 6. The molecule has 100 valence electrons. The van der Waals surface area contributed by atoms with Gasteiger partial charge in [-0.05, 0) is 13.3 Å². The zero-order chi connectivity index (χ0) is 13.5. The van der Waals surface area contributed by atoms with Crippen molar-refractivity contribution in [2.45, 2.75) is 32.9 Å². The van der Waals surface area contributed by atoms with Crippen LogP contribution in [0.2, 0.25) is 0 Å². The molecule has 0 aliphatic rings. The third kappa shape index (κ3) is 6.13. The van der Waals surface area contributed by atoms with Gasteiger partial charge in [0.25, 0.3) is 0 Å². The molecular weight excluding hydrogens is 239 g/mol. The molecule has 0 unspecified atom stereocenters. The van der Waals surface area contributed by atoms with Gasteiger partial charge in [-0.3, -0.25) is 9.59 Å². The summed E-state index contributed by atoms with van der Waals surface area (Å²) in [5.74, 6) is -2.84. The molecule has 0 aliphatic heterocycles. The topological polar surface area (TPSA) is 46.6 Å². The molecule has 0 spiro atoms. The molecular formula is C10H16F3NO3. The molecule has 0 heterocycles. The second kappa shape index (κ2) is 7.13. The van der Waals surface area contributed by atoms with Crippen LogP contribution in [0, 0.1) is 0 Å². The van der Waals surface area contributed by atoms with Gasteiger partial charge in [0.05, 0.1) is 6.61 Å². The third-order valence-corrected chi connectivity index (χ3v) is 1.99. The summed E-state index contributed by atoms with van der Waals surface area (Å²) in [5, 5.41) is 0. The fraction of sp³-hybridized carbons (Fsp3) is 0.800. The molecule has 0 aromatic rings. The Balaban J connectivity index is 4.22. The summed E-state index contributed by atoms with van der Waals surface area (Å²) < 4.78 is 41.0. The van der Waals surface area contributed by atoms with E-state index in [2.05, 4.69) is 4.74 Å². The van der Waals surface area contributed by atoms with Gasteiger partial charge in [0, 0.05) is 6.54 Å². The van der Waals surface area contributed by atoms with Crippen LogP contribution in [0.4, 0.5) is 13.2 Å². The average Bonchev–Trinajstić information content (AvgIpc) is 2.24. The Morgan fingerprint density at radius 2 is 1.82 bits per heavy atom. The number of carbonyl (C=O) groups excluding carboxylic acids is 2. The lowest BCUT2D eigenvalue weighted by molar-refractivity contribution is -0.186. The van der Waals surface area contributed by atoms with E-state index in [4.69, 9.17) is 0 Å². The highest BCUT2D eigenvalue weighted by molar-refractivity contribution is 5.85. The van der Waals surface area contributed by atoms with Crippen LogP contribution in [-0.2, 0) is 14.3 Å². The van der Waals surface area contributed by atoms with E-state index in [1.165, 1.54) is 6.92 Å². The number of halogens is 3. The lowest BCUT2D eigenvalue weighted by Crippen LogP contribution is -2.44. The van der Waals surface area contributed by atoms with Crippen molar-refractivity contribution in [3.63, 3.8) is 0 Å². The molecule has 0 N–H and O–H groups in total. The zero-order valence-corrected chi connectivity index (χ0v) is 9.84. The molecule has 0 aromatic heterocycles. The molecule has 17 heavy (non-hydrogen) atoms. The van der Waals surface area contributed by atoms with Crippen LogP contribution in [0.3, 0.4) is 0 Å². The van der Waals surface area contributed by atoms with Gasteiger partial charge in [0.1, 0.15) is 6.54 Å². The number of unbranched alkanes of at least 4 members (excludes halogenated alkanes) is 1. The molecule has 0 radical (unpaired) electrons. The zero-order valence-electron chi connectivity index (χ0n) is 9.84. The number of hydrogen-bond acceptors (Lipinski definition) is 3. The SMILES string of the molecule is CCCCOC(=O)CN(CC)C(=O)C(F)(F)F. The highest BCUT2D eigenvalue weighted by Crippen LogP contribution is 2.18. The second-order valence-corrected chi connectivity index (χ2v) is 3.39. The number of nitrogens with zero attached hydrogens (tertiary/aromatic N) is 1. The number of alkyl halides is 3. The van der Waals surface area contributed by atoms with Crippen molar-refractivity contribution < 1.29 is 27.5 Å². The molecule has 0 aromatic carbocycles. The highest BCUT2D eigenvalue weighted by Gasteiger charge is 2.42. The maximum Gasteiger partial charge on any atom is 0.471 e. The molecule has 0 aliphatic carbocycles. The van der Waals surface area contributed by atoms with Crippen LogP contribution in [0.15, 0.2) is 0 Å². The predicted octanol–water partition coefficient (Wildman–Crippen LogP) is 1.74. The van der Waals surface area contributed by atoms with Gasteiger partial charge in [-0.2, -0.15) is 13.2 Å². The minimum Gasteiger partial charge on any atom is -0.464 e. The molecule has 0 bridgehead atoms. The Hall–Kier alpha value is -1.27. The van der Waals surface area contributed by atoms with Crippen molar-refractivity contribution in [3.05, 3.63) is 0 Å². The van der Waals surface area contributed by atoms with Gasteiger partial charge in [0.15, 0.2) is 0 Å². The maximum atomic E-state index is 12.1. The fourth-order valence-corrected chi connectivity index (χ4v) is 1.04. The highest BCUT2D eigenvalue weighted by atomic mass is 19.4. The molecule has 7 heteroatoms. The summed E-state index contributed by atoms with van der Waals surface area (Å²) in [6.45, 7) is 2.55. The number of esters is 1. The van der Waals surface area contributed by atoms with Crippen molar-refractivity contribution in [3.8, 4) is 0 Å². The summed E-state index contributed by atoms with van der Waals surface area (Å²) in [6.07, 6.45) is -3.50. The summed E-state index contributed by atoms with van der Waals surface area (Å²) >= 11 is 0. The van der Waals surface area contributed by atoms with Crippen molar-refractivity contribution in [2.75, 3.05) is 19.7 Å². The van der Waals surface area contributed by atoms with Crippen LogP contribution in [0.25, 0.3) is 0 Å². The third-order valence-electron chi connectivity index (χ3n) is 1.99. The normalized spacial score (nSPS) is 11.1. The lowest BCUT2D eigenvalue weighted by Gasteiger charge is -2.20. The first-order valence-electron chi connectivity index (χ1n) is 5.34. The van der Waals surface area contributed by atoms with Gasteiger partial charge < -0.3 is 9.64 Å². The summed E-state index contributed by atoms with van der Waals surface area (Å²) in [6, 6.07) is 0. The van der Waals surface area contributed by atoms with Gasteiger partial charge in [-0.15, -0.1) is 0 Å². The monoisotopic (exact) mass is 255 g/mol. The quantitative estimate of drug-likeness (QED) is 0.536. The molecule has 0 saturated carbocycles. The number of likely N-dealkylation sites (N-methyl/N-ethyl adjacent to an activating group) is 1. The number of ether oxygens (including phenoxy) is 1. The second-order valence-electron chi connectivity index (χ2n) is 3.39. The van der Waals surface area contributed by atoms with Crippen molar-refractivity contribution in [1.82, 2.24) is 4.90 Å². The van der Waals surface area contributed by atoms with E-state index in [1.807, 2.05) is 6.92 Å². The van der Waals surface area contributed by atoms with E-state index in [9.17, 15) is 22.8 Å². The Morgan fingerprint density at radius 1 is 1.24 bits per heavy atom. The molecule has 0 atom stereocenters. The Morgan fingerprint density at radius 3 is 2.24 bits per heavy atom. The van der Waals surface area contributed by atoms with Gasteiger partial charge >= 0.3 is 18.1 Å². The molecule has 1 amide bonds. The number of carbonyl (C=O) groups is 2. The van der Waals surface area contributed by atoms with Crippen molar-refractivity contribution in [2.24, 2.45) is 0 Å². The van der Waals surface area contributed by atoms with Crippen LogP contribution in [-0.4, -0.2) is 42.6 Å². The van der Waals surface area contributed by atoms with Gasteiger partial charge in [0.2, 0.25) is 0 Å². The molecule has 4 nitrogen and oxygen atoms in total. The van der Waals surface area contributed by atoms with Crippen LogP contribution in [0.1, 0.15) is 26.7 Å². The predicted molar refractivity (Wildman–Crippen MR) is 54.2 cm³/mol. The van der Waals surface area contributed by atoms with Crippen LogP contribution < -0.4 is 0 Å². The molecule has 0 fully saturated rings. The first kappa shape index (κ1) is 15.7. The van der Waals surface area contributed by atoms with E-state index < -0.39 is 24.6 Å². The van der Waals surface area contributed by atoms with Crippen LogP contribution in [0.5, 0.6) is 0 Å².